The van der Waals surface area contributed by atoms with E-state index in [0.29, 0.717) is 12.1 Å². The van der Waals surface area contributed by atoms with Gasteiger partial charge in [-0.25, -0.2) is 18.0 Å². The Labute approximate surface area is 117 Å². The van der Waals surface area contributed by atoms with Gasteiger partial charge >= 0.3 is 12.0 Å². The zero-order valence-electron chi connectivity index (χ0n) is 11.0. The fraction of sp³-hybridized carbons (Fsp3) is 0.333. The van der Waals surface area contributed by atoms with Crippen molar-refractivity contribution in [1.29, 1.82) is 0 Å². The third-order valence-corrected chi connectivity index (χ3v) is 2.48. The lowest BCUT2D eigenvalue weighted by molar-refractivity contribution is -0.139. The van der Waals surface area contributed by atoms with Crippen LogP contribution in [-0.4, -0.2) is 36.9 Å². The van der Waals surface area contributed by atoms with Gasteiger partial charge < -0.3 is 20.5 Å². The summed E-state index contributed by atoms with van der Waals surface area (Å²) in [5, 5.41) is 12.8. The Balaban J connectivity index is 2.58. The van der Waals surface area contributed by atoms with E-state index in [-0.39, 0.29) is 13.0 Å². The number of carboxylic acid groups (broad SMARTS) is 1. The molecule has 6 nitrogen and oxygen atoms in total. The molecule has 1 aromatic carbocycles. The molecule has 0 fully saturated rings. The van der Waals surface area contributed by atoms with Gasteiger partial charge in [0.05, 0.1) is 18.2 Å². The van der Waals surface area contributed by atoms with Crippen LogP contribution in [-0.2, 0) is 9.53 Å². The smallest absolute Gasteiger partial charge is 0.319 e. The highest BCUT2D eigenvalue weighted by Crippen LogP contribution is 2.18. The summed E-state index contributed by atoms with van der Waals surface area (Å²) in [5.41, 5.74) is -0.543. The third-order valence-electron chi connectivity index (χ3n) is 2.48. The second kappa shape index (κ2) is 7.48. The summed E-state index contributed by atoms with van der Waals surface area (Å²) < 4.78 is 43.7. The number of amides is 2. The predicted molar refractivity (Wildman–Crippen MR) is 66.4 cm³/mol. The van der Waals surface area contributed by atoms with Crippen LogP contribution < -0.4 is 10.6 Å². The lowest BCUT2D eigenvalue weighted by Gasteiger charge is -2.14. The van der Waals surface area contributed by atoms with E-state index < -0.39 is 41.2 Å². The average Bonchev–Trinajstić information content (AvgIpc) is 2.40. The number of anilines is 1. The van der Waals surface area contributed by atoms with Crippen molar-refractivity contribution in [3.8, 4) is 0 Å². The molecule has 1 aromatic rings. The highest BCUT2D eigenvalue weighted by atomic mass is 19.2. The second-order valence-corrected chi connectivity index (χ2v) is 4.04. The van der Waals surface area contributed by atoms with Crippen LogP contribution in [0.15, 0.2) is 12.1 Å². The summed E-state index contributed by atoms with van der Waals surface area (Å²) in [6.45, 7) is -0.153. The summed E-state index contributed by atoms with van der Waals surface area (Å²) >= 11 is 0. The maximum absolute atomic E-state index is 13.3. The number of ether oxygens (including phenoxy) is 1. The van der Waals surface area contributed by atoms with Gasteiger partial charge in [0.2, 0.25) is 0 Å². The van der Waals surface area contributed by atoms with Gasteiger partial charge in [0.1, 0.15) is 5.82 Å². The molecule has 0 bridgehead atoms. The van der Waals surface area contributed by atoms with Crippen LogP contribution in [0.3, 0.4) is 0 Å². The van der Waals surface area contributed by atoms with Gasteiger partial charge in [-0.1, -0.05) is 0 Å². The normalized spacial score (nSPS) is 11.8. The second-order valence-electron chi connectivity index (χ2n) is 4.04. The lowest BCUT2D eigenvalue weighted by atomic mass is 10.2. The van der Waals surface area contributed by atoms with Crippen molar-refractivity contribution in [2.24, 2.45) is 0 Å². The molecule has 0 aliphatic rings. The van der Waals surface area contributed by atoms with Crippen LogP contribution in [0, 0.1) is 17.5 Å². The number of halogens is 3. The molecular formula is C12H13F3N2O4. The van der Waals surface area contributed by atoms with E-state index in [1.807, 2.05) is 5.32 Å². The van der Waals surface area contributed by atoms with E-state index in [9.17, 15) is 22.8 Å². The number of hydrogen-bond acceptors (Lipinski definition) is 3. The number of carboxylic acids is 1. The van der Waals surface area contributed by atoms with E-state index in [1.54, 1.807) is 0 Å². The number of aliphatic carboxylic acids is 1. The number of benzene rings is 1. The molecule has 0 aromatic heterocycles. The summed E-state index contributed by atoms with van der Waals surface area (Å²) in [6.07, 6.45) is -1.11. The van der Waals surface area contributed by atoms with E-state index in [4.69, 9.17) is 9.84 Å². The van der Waals surface area contributed by atoms with Gasteiger partial charge in [-0.15, -0.1) is 0 Å². The highest BCUT2D eigenvalue weighted by molar-refractivity contribution is 5.89. The molecule has 0 aliphatic carbocycles. The molecule has 2 amide bonds. The van der Waals surface area contributed by atoms with Crippen molar-refractivity contribution in [3.05, 3.63) is 29.6 Å². The van der Waals surface area contributed by atoms with E-state index >= 15 is 0 Å². The van der Waals surface area contributed by atoms with Crippen LogP contribution in [0.25, 0.3) is 0 Å². The summed E-state index contributed by atoms with van der Waals surface area (Å²) in [5.74, 6) is -4.94. The number of carbonyl (C=O) groups is 2. The van der Waals surface area contributed by atoms with Crippen LogP contribution in [0.2, 0.25) is 0 Å². The van der Waals surface area contributed by atoms with Crippen molar-refractivity contribution >= 4 is 17.7 Å². The molecule has 0 saturated carbocycles. The molecule has 1 atom stereocenters. The maximum atomic E-state index is 13.3. The molecule has 1 unspecified atom stereocenters. The predicted octanol–water partition coefficient (Wildman–Crippen LogP) is 1.72. The van der Waals surface area contributed by atoms with Gasteiger partial charge in [0.25, 0.3) is 0 Å². The maximum Gasteiger partial charge on any atom is 0.319 e. The molecule has 0 aliphatic heterocycles. The number of urea groups is 1. The van der Waals surface area contributed by atoms with Gasteiger partial charge in [-0.3, -0.25) is 4.79 Å². The fourth-order valence-electron chi connectivity index (χ4n) is 1.42. The van der Waals surface area contributed by atoms with Crippen molar-refractivity contribution < 1.29 is 32.6 Å². The third kappa shape index (κ3) is 5.30. The summed E-state index contributed by atoms with van der Waals surface area (Å²) in [7, 11) is 1.27. The van der Waals surface area contributed by atoms with Crippen LogP contribution in [0.5, 0.6) is 0 Å². The van der Waals surface area contributed by atoms with Gasteiger partial charge in [-0.05, 0) is 0 Å². The topological polar surface area (TPSA) is 87.7 Å². The number of nitrogens with one attached hydrogen (secondary N) is 2. The van der Waals surface area contributed by atoms with Crippen LogP contribution in [0.4, 0.5) is 23.7 Å². The first-order valence-electron chi connectivity index (χ1n) is 5.77. The number of methoxy groups -OCH3 is 1. The summed E-state index contributed by atoms with van der Waals surface area (Å²) in [4.78, 5) is 21.9. The Morgan fingerprint density at radius 3 is 2.43 bits per heavy atom. The quantitative estimate of drug-likeness (QED) is 0.698. The Morgan fingerprint density at radius 1 is 1.24 bits per heavy atom. The Hall–Kier alpha value is -2.29. The number of rotatable bonds is 6. The molecule has 1 rings (SSSR count). The van der Waals surface area contributed by atoms with Gasteiger partial charge in [0, 0.05) is 25.8 Å². The van der Waals surface area contributed by atoms with Gasteiger partial charge in [-0.2, -0.15) is 0 Å². The molecule has 3 N–H and O–H groups in total. The average molecular weight is 306 g/mol. The minimum atomic E-state index is -1.38. The first kappa shape index (κ1) is 16.8. The van der Waals surface area contributed by atoms with Gasteiger partial charge in [0.15, 0.2) is 11.6 Å². The van der Waals surface area contributed by atoms with E-state index in [0.717, 1.165) is 0 Å². The fourth-order valence-corrected chi connectivity index (χ4v) is 1.42. The molecule has 0 saturated heterocycles. The van der Waals surface area contributed by atoms with Crippen molar-refractivity contribution in [1.82, 2.24) is 5.32 Å². The zero-order chi connectivity index (χ0) is 16.0. The number of carbonyl (C=O) groups excluding carboxylic acids is 1. The van der Waals surface area contributed by atoms with E-state index in [2.05, 4.69) is 5.32 Å². The Morgan fingerprint density at radius 2 is 1.86 bits per heavy atom. The summed E-state index contributed by atoms with van der Waals surface area (Å²) in [6, 6.07) is -0.116. The molecule has 0 spiro atoms. The van der Waals surface area contributed by atoms with E-state index in [1.165, 1.54) is 7.11 Å². The first-order chi connectivity index (χ1) is 9.83. The highest BCUT2D eigenvalue weighted by Gasteiger charge is 2.15. The molecule has 21 heavy (non-hydrogen) atoms. The lowest BCUT2D eigenvalue weighted by Crippen LogP contribution is -2.37. The number of hydrogen-bond donors (Lipinski definition) is 3. The molecule has 9 heteroatoms. The molecule has 0 heterocycles. The minimum absolute atomic E-state index is 0.153. The minimum Gasteiger partial charge on any atom is -0.481 e. The Bertz CT molecular complexity index is 539. The SMILES string of the molecule is COC(CNC(=O)Nc1cc(F)c(F)cc1F)CC(=O)O. The molecule has 0 radical (unpaired) electrons. The standard InChI is InChI=1S/C12H13F3N2O4/c1-21-6(2-11(18)19)5-16-12(20)17-10-4-8(14)7(13)3-9(10)15/h3-4,6H,2,5H2,1H3,(H,18,19)(H2,16,17,20). The van der Waals surface area contributed by atoms with Crippen LogP contribution in [0.1, 0.15) is 6.42 Å². The monoisotopic (exact) mass is 306 g/mol. The van der Waals surface area contributed by atoms with Crippen molar-refractivity contribution in [2.45, 2.75) is 12.5 Å². The largest absolute Gasteiger partial charge is 0.481 e. The zero-order valence-corrected chi connectivity index (χ0v) is 11.0. The molecule has 116 valence electrons. The Kier molecular flexibility index (Phi) is 5.97. The molecular weight excluding hydrogens is 293 g/mol. The van der Waals surface area contributed by atoms with Crippen molar-refractivity contribution in [2.75, 3.05) is 19.0 Å². The first-order valence-corrected chi connectivity index (χ1v) is 5.77. The van der Waals surface area contributed by atoms with Crippen molar-refractivity contribution in [3.63, 3.8) is 0 Å². The van der Waals surface area contributed by atoms with Crippen LogP contribution >= 0.6 is 0 Å².